The number of hydrogen-bond donors (Lipinski definition) is 1. The van der Waals surface area contributed by atoms with E-state index < -0.39 is 0 Å². The zero-order valence-corrected chi connectivity index (χ0v) is 11.0. The zero-order chi connectivity index (χ0) is 11.7. The Morgan fingerprint density at radius 3 is 3.00 bits per heavy atom. The lowest BCUT2D eigenvalue weighted by Gasteiger charge is -2.11. The highest BCUT2D eigenvalue weighted by atomic mass is 32.1. The van der Waals surface area contributed by atoms with Gasteiger partial charge in [-0.2, -0.15) is 0 Å². The summed E-state index contributed by atoms with van der Waals surface area (Å²) < 4.78 is 1.29. The van der Waals surface area contributed by atoms with E-state index in [0.29, 0.717) is 6.04 Å². The van der Waals surface area contributed by atoms with E-state index in [1.165, 1.54) is 29.0 Å². The fraction of sp³-hybridized carbons (Fsp3) is 0.500. The number of para-hydroxylation sites is 1. The van der Waals surface area contributed by atoms with Crippen LogP contribution in [-0.2, 0) is 6.54 Å². The lowest BCUT2D eigenvalue weighted by Crippen LogP contribution is -2.25. The van der Waals surface area contributed by atoms with Crippen LogP contribution >= 0.6 is 11.3 Å². The van der Waals surface area contributed by atoms with Crippen molar-refractivity contribution < 1.29 is 0 Å². The van der Waals surface area contributed by atoms with E-state index in [-0.39, 0.29) is 0 Å². The van der Waals surface area contributed by atoms with E-state index in [4.69, 9.17) is 0 Å². The molecular weight excluding hydrogens is 228 g/mol. The van der Waals surface area contributed by atoms with Crippen molar-refractivity contribution >= 4 is 21.6 Å². The minimum absolute atomic E-state index is 0.620. The summed E-state index contributed by atoms with van der Waals surface area (Å²) in [4.78, 5) is 4.64. The molecule has 1 aliphatic rings. The van der Waals surface area contributed by atoms with Gasteiger partial charge in [0.15, 0.2) is 0 Å². The Bertz CT molecular complexity index is 469. The second-order valence-electron chi connectivity index (χ2n) is 5.04. The van der Waals surface area contributed by atoms with Crippen molar-refractivity contribution in [3.8, 4) is 0 Å². The molecule has 3 rings (SSSR count). The topological polar surface area (TPSA) is 24.9 Å². The molecule has 1 aromatic carbocycles. The first-order valence-corrected chi connectivity index (χ1v) is 7.21. The molecule has 1 aliphatic carbocycles. The maximum atomic E-state index is 4.64. The van der Waals surface area contributed by atoms with Gasteiger partial charge in [0, 0.05) is 12.6 Å². The normalized spacial score (nSPS) is 17.5. The number of aromatic nitrogens is 1. The van der Waals surface area contributed by atoms with Crippen molar-refractivity contribution in [1.29, 1.82) is 0 Å². The minimum atomic E-state index is 0.620. The first-order valence-electron chi connectivity index (χ1n) is 6.39. The summed E-state index contributed by atoms with van der Waals surface area (Å²) in [6.45, 7) is 3.19. The van der Waals surface area contributed by atoms with Gasteiger partial charge in [-0.25, -0.2) is 4.98 Å². The van der Waals surface area contributed by atoms with Gasteiger partial charge in [0.1, 0.15) is 5.01 Å². The quantitative estimate of drug-likeness (QED) is 0.872. The maximum Gasteiger partial charge on any atom is 0.108 e. The molecule has 0 aliphatic heterocycles. The van der Waals surface area contributed by atoms with Gasteiger partial charge in [0.05, 0.1) is 10.2 Å². The van der Waals surface area contributed by atoms with E-state index >= 15 is 0 Å². The smallest absolute Gasteiger partial charge is 0.108 e. The van der Waals surface area contributed by atoms with Gasteiger partial charge in [-0.15, -0.1) is 11.3 Å². The molecule has 1 heterocycles. The third kappa shape index (κ3) is 2.85. The van der Waals surface area contributed by atoms with Crippen LogP contribution in [0.2, 0.25) is 0 Å². The highest BCUT2D eigenvalue weighted by molar-refractivity contribution is 7.18. The first kappa shape index (κ1) is 11.2. The fourth-order valence-electron chi connectivity index (χ4n) is 2.19. The summed E-state index contributed by atoms with van der Waals surface area (Å²) in [6.07, 6.45) is 4.20. The molecule has 1 saturated carbocycles. The van der Waals surface area contributed by atoms with E-state index in [9.17, 15) is 0 Å². The Hall–Kier alpha value is -0.930. The molecule has 0 amide bonds. The van der Waals surface area contributed by atoms with Gasteiger partial charge in [0.25, 0.3) is 0 Å². The van der Waals surface area contributed by atoms with Crippen LogP contribution in [0, 0.1) is 5.92 Å². The van der Waals surface area contributed by atoms with Crippen molar-refractivity contribution in [2.45, 2.75) is 38.8 Å². The Morgan fingerprint density at radius 1 is 1.41 bits per heavy atom. The third-order valence-electron chi connectivity index (χ3n) is 3.32. The molecule has 3 heteroatoms. The number of thiazole rings is 1. The average Bonchev–Trinajstić information content (AvgIpc) is 3.03. The van der Waals surface area contributed by atoms with Crippen LogP contribution in [0.5, 0.6) is 0 Å². The molecule has 17 heavy (non-hydrogen) atoms. The summed E-state index contributed by atoms with van der Waals surface area (Å²) in [5.41, 5.74) is 1.13. The van der Waals surface area contributed by atoms with Crippen LogP contribution in [0.4, 0.5) is 0 Å². The van der Waals surface area contributed by atoms with Gasteiger partial charge in [-0.05, 0) is 31.4 Å². The van der Waals surface area contributed by atoms with Crippen molar-refractivity contribution in [3.05, 3.63) is 29.3 Å². The van der Waals surface area contributed by atoms with Crippen molar-refractivity contribution in [1.82, 2.24) is 10.3 Å². The van der Waals surface area contributed by atoms with E-state index in [0.717, 1.165) is 18.0 Å². The predicted octanol–water partition coefficient (Wildman–Crippen LogP) is 3.57. The lowest BCUT2D eigenvalue weighted by atomic mass is 10.1. The molecular formula is C14H18N2S. The van der Waals surface area contributed by atoms with Crippen LogP contribution in [-0.4, -0.2) is 11.0 Å². The number of hydrogen-bond acceptors (Lipinski definition) is 3. The van der Waals surface area contributed by atoms with E-state index in [1.54, 1.807) is 11.3 Å². The predicted molar refractivity (Wildman–Crippen MR) is 73.3 cm³/mol. The van der Waals surface area contributed by atoms with Gasteiger partial charge in [0.2, 0.25) is 0 Å². The molecule has 0 saturated heterocycles. The highest BCUT2D eigenvalue weighted by Gasteiger charge is 2.23. The molecule has 1 aromatic heterocycles. The monoisotopic (exact) mass is 246 g/mol. The number of nitrogens with zero attached hydrogens (tertiary/aromatic N) is 1. The van der Waals surface area contributed by atoms with Gasteiger partial charge in [-0.1, -0.05) is 25.0 Å². The SMILES string of the molecule is CC(CC1CC1)NCc1nc2ccccc2s1. The summed E-state index contributed by atoms with van der Waals surface area (Å²) >= 11 is 1.80. The second-order valence-corrected chi connectivity index (χ2v) is 6.15. The van der Waals surface area contributed by atoms with Gasteiger partial charge in [-0.3, -0.25) is 0 Å². The summed E-state index contributed by atoms with van der Waals surface area (Å²) in [5, 5.41) is 4.78. The van der Waals surface area contributed by atoms with Crippen LogP contribution < -0.4 is 5.32 Å². The zero-order valence-electron chi connectivity index (χ0n) is 10.1. The highest BCUT2D eigenvalue weighted by Crippen LogP contribution is 2.33. The summed E-state index contributed by atoms with van der Waals surface area (Å²) in [7, 11) is 0. The summed E-state index contributed by atoms with van der Waals surface area (Å²) in [5.74, 6) is 0.993. The van der Waals surface area contributed by atoms with Crippen LogP contribution in [0.25, 0.3) is 10.2 Å². The molecule has 2 nitrogen and oxygen atoms in total. The molecule has 1 atom stereocenters. The first-order chi connectivity index (χ1) is 8.31. The molecule has 90 valence electrons. The Morgan fingerprint density at radius 2 is 2.24 bits per heavy atom. The number of fused-ring (bicyclic) bond motifs is 1. The standard InChI is InChI=1S/C14H18N2S/c1-10(8-11-6-7-11)15-9-14-16-12-4-2-3-5-13(12)17-14/h2-5,10-11,15H,6-9H2,1H3. The van der Waals surface area contributed by atoms with Crippen molar-refractivity contribution in [2.75, 3.05) is 0 Å². The average molecular weight is 246 g/mol. The summed E-state index contributed by atoms with van der Waals surface area (Å²) in [6, 6.07) is 8.98. The molecule has 0 bridgehead atoms. The van der Waals surface area contributed by atoms with Crippen molar-refractivity contribution in [2.24, 2.45) is 5.92 Å². The fourth-order valence-corrected chi connectivity index (χ4v) is 3.11. The molecule has 2 aromatic rings. The maximum absolute atomic E-state index is 4.64. The minimum Gasteiger partial charge on any atom is -0.308 e. The van der Waals surface area contributed by atoms with Crippen molar-refractivity contribution in [3.63, 3.8) is 0 Å². The Labute approximate surface area is 106 Å². The van der Waals surface area contributed by atoms with E-state index in [1.807, 2.05) is 0 Å². The number of benzene rings is 1. The van der Waals surface area contributed by atoms with Crippen LogP contribution in [0.1, 0.15) is 31.2 Å². The second kappa shape index (κ2) is 4.75. The molecule has 1 unspecified atom stereocenters. The molecule has 1 fully saturated rings. The molecule has 0 spiro atoms. The number of nitrogens with one attached hydrogen (secondary N) is 1. The van der Waals surface area contributed by atoms with E-state index in [2.05, 4.69) is 41.5 Å². The largest absolute Gasteiger partial charge is 0.308 e. The lowest BCUT2D eigenvalue weighted by molar-refractivity contribution is 0.487. The van der Waals surface area contributed by atoms with Crippen LogP contribution in [0.15, 0.2) is 24.3 Å². The molecule has 0 radical (unpaired) electrons. The molecule has 1 N–H and O–H groups in total. The van der Waals surface area contributed by atoms with Gasteiger partial charge < -0.3 is 5.32 Å². The van der Waals surface area contributed by atoms with Gasteiger partial charge >= 0.3 is 0 Å². The Kier molecular flexibility index (Phi) is 3.12. The number of rotatable bonds is 5. The third-order valence-corrected chi connectivity index (χ3v) is 4.36. The Balaban J connectivity index is 1.60. The van der Waals surface area contributed by atoms with Crippen LogP contribution in [0.3, 0.4) is 0 Å².